The smallest absolute Gasteiger partial charge is 0.226 e. The number of rotatable bonds is 8. The average Bonchev–Trinajstić information content (AvgIpc) is 3.19. The van der Waals surface area contributed by atoms with Crippen molar-refractivity contribution in [3.63, 3.8) is 0 Å². The van der Waals surface area contributed by atoms with Crippen LogP contribution >= 0.6 is 0 Å². The largest absolute Gasteiger partial charge is 0.393 e. The number of aliphatic hydroxyl groups excluding tert-OH is 1. The zero-order valence-electron chi connectivity index (χ0n) is 18.4. The van der Waals surface area contributed by atoms with Crippen molar-refractivity contribution >= 4 is 5.91 Å². The molecule has 0 saturated carbocycles. The average molecular weight is 415 g/mol. The summed E-state index contributed by atoms with van der Waals surface area (Å²) in [5.41, 5.74) is 2.22. The summed E-state index contributed by atoms with van der Waals surface area (Å²) in [4.78, 5) is 18.9. The molecule has 1 fully saturated rings. The number of likely N-dealkylation sites (tertiary alicyclic amines) is 1. The molecule has 0 unspecified atom stereocenters. The summed E-state index contributed by atoms with van der Waals surface area (Å²) in [6.07, 6.45) is 3.30. The molecule has 1 aliphatic rings. The zero-order valence-corrected chi connectivity index (χ0v) is 18.4. The third kappa shape index (κ3) is 6.92. The summed E-state index contributed by atoms with van der Waals surface area (Å²) in [6.45, 7) is 9.46. The van der Waals surface area contributed by atoms with E-state index in [0.29, 0.717) is 37.5 Å². The summed E-state index contributed by atoms with van der Waals surface area (Å²) in [7, 11) is 0. The van der Waals surface area contributed by atoms with E-state index in [0.717, 1.165) is 38.0 Å². The van der Waals surface area contributed by atoms with Crippen molar-refractivity contribution in [2.45, 2.75) is 77.5 Å². The van der Waals surface area contributed by atoms with Gasteiger partial charge in [0.1, 0.15) is 0 Å². The van der Waals surface area contributed by atoms with Gasteiger partial charge in [0.05, 0.1) is 6.10 Å². The number of aliphatic hydroxyl groups is 1. The first-order valence-electron chi connectivity index (χ1n) is 10.9. The summed E-state index contributed by atoms with van der Waals surface area (Å²) in [5, 5.41) is 16.6. The third-order valence-electron chi connectivity index (χ3n) is 5.41. The van der Waals surface area contributed by atoms with Gasteiger partial charge in [-0.2, -0.15) is 4.98 Å². The minimum atomic E-state index is -0.139. The van der Waals surface area contributed by atoms with Crippen LogP contribution < -0.4 is 5.32 Å². The van der Waals surface area contributed by atoms with Crippen LogP contribution in [0.25, 0.3) is 0 Å². The van der Waals surface area contributed by atoms with Gasteiger partial charge in [0.2, 0.25) is 11.8 Å². The number of hydrogen-bond acceptors (Lipinski definition) is 6. The molecule has 1 aromatic heterocycles. The normalized spacial score (nSPS) is 16.0. The minimum absolute atomic E-state index is 0.0292. The topological polar surface area (TPSA) is 91.5 Å². The Balaban J connectivity index is 1.35. The fourth-order valence-electron chi connectivity index (χ4n) is 3.45. The molecule has 2 heterocycles. The number of carbonyl (C=O) groups excluding carboxylic acids is 1. The summed E-state index contributed by atoms with van der Waals surface area (Å²) in [5.74, 6) is 1.32. The van der Waals surface area contributed by atoms with E-state index in [-0.39, 0.29) is 17.4 Å². The number of benzene rings is 1. The highest BCUT2D eigenvalue weighted by Gasteiger charge is 2.21. The van der Waals surface area contributed by atoms with E-state index < -0.39 is 0 Å². The molecule has 7 nitrogen and oxygen atoms in total. The van der Waals surface area contributed by atoms with Crippen molar-refractivity contribution < 1.29 is 14.4 Å². The number of amides is 1. The fourth-order valence-corrected chi connectivity index (χ4v) is 3.45. The molecule has 0 radical (unpaired) electrons. The molecule has 0 atom stereocenters. The summed E-state index contributed by atoms with van der Waals surface area (Å²) >= 11 is 0. The molecule has 0 spiro atoms. The maximum Gasteiger partial charge on any atom is 0.226 e. The molecule has 164 valence electrons. The van der Waals surface area contributed by atoms with Crippen molar-refractivity contribution in [1.29, 1.82) is 0 Å². The molecule has 0 bridgehead atoms. The highest BCUT2D eigenvalue weighted by Crippen LogP contribution is 2.19. The van der Waals surface area contributed by atoms with Gasteiger partial charge < -0.3 is 14.9 Å². The Labute approximate surface area is 178 Å². The minimum Gasteiger partial charge on any atom is -0.393 e. The molecule has 7 heteroatoms. The van der Waals surface area contributed by atoms with Gasteiger partial charge in [-0.25, -0.2) is 0 Å². The summed E-state index contributed by atoms with van der Waals surface area (Å²) in [6, 6.07) is 8.38. The van der Waals surface area contributed by atoms with Crippen molar-refractivity contribution in [3.8, 4) is 0 Å². The Kier molecular flexibility index (Phi) is 7.61. The molecule has 1 saturated heterocycles. The van der Waals surface area contributed by atoms with Crippen molar-refractivity contribution in [2.24, 2.45) is 0 Å². The molecule has 1 aliphatic heterocycles. The van der Waals surface area contributed by atoms with Gasteiger partial charge >= 0.3 is 0 Å². The van der Waals surface area contributed by atoms with Gasteiger partial charge in [-0.3, -0.25) is 9.69 Å². The van der Waals surface area contributed by atoms with Gasteiger partial charge in [-0.15, -0.1) is 0 Å². The second kappa shape index (κ2) is 10.2. The van der Waals surface area contributed by atoms with Crippen molar-refractivity contribution in [2.75, 3.05) is 13.1 Å². The van der Waals surface area contributed by atoms with Crippen LogP contribution in [0.3, 0.4) is 0 Å². The van der Waals surface area contributed by atoms with Crippen molar-refractivity contribution in [3.05, 3.63) is 47.1 Å². The van der Waals surface area contributed by atoms with Gasteiger partial charge in [0.15, 0.2) is 5.82 Å². The molecule has 2 aromatic rings. The first-order chi connectivity index (χ1) is 14.3. The second-order valence-corrected chi connectivity index (χ2v) is 9.22. The zero-order chi connectivity index (χ0) is 21.6. The Morgan fingerprint density at radius 3 is 2.50 bits per heavy atom. The van der Waals surface area contributed by atoms with Crippen LogP contribution in [0.15, 0.2) is 28.8 Å². The van der Waals surface area contributed by atoms with Crippen LogP contribution in [0.2, 0.25) is 0 Å². The fraction of sp³-hybridized carbons (Fsp3) is 0.609. The Hall–Kier alpha value is -2.25. The van der Waals surface area contributed by atoms with Gasteiger partial charge in [-0.1, -0.05) is 50.2 Å². The number of carbonyl (C=O) groups is 1. The Morgan fingerprint density at radius 1 is 1.20 bits per heavy atom. The summed E-state index contributed by atoms with van der Waals surface area (Å²) < 4.78 is 5.26. The van der Waals surface area contributed by atoms with Crippen LogP contribution in [0.5, 0.6) is 0 Å². The van der Waals surface area contributed by atoms with Crippen LogP contribution in [-0.2, 0) is 29.7 Å². The van der Waals surface area contributed by atoms with E-state index in [1.807, 2.05) is 20.8 Å². The number of piperidine rings is 1. The van der Waals surface area contributed by atoms with E-state index in [4.69, 9.17) is 4.52 Å². The Morgan fingerprint density at radius 2 is 1.87 bits per heavy atom. The molecule has 0 aliphatic carbocycles. The molecule has 2 N–H and O–H groups in total. The van der Waals surface area contributed by atoms with E-state index in [1.54, 1.807) is 0 Å². The highest BCUT2D eigenvalue weighted by atomic mass is 16.5. The third-order valence-corrected chi connectivity index (χ3v) is 5.41. The maximum absolute atomic E-state index is 12.1. The van der Waals surface area contributed by atoms with E-state index in [9.17, 15) is 9.90 Å². The number of aryl methyl sites for hydroxylation is 1. The predicted molar refractivity (Wildman–Crippen MR) is 115 cm³/mol. The van der Waals surface area contributed by atoms with Crippen LogP contribution in [0, 0.1) is 0 Å². The van der Waals surface area contributed by atoms with Crippen molar-refractivity contribution in [1.82, 2.24) is 20.4 Å². The number of hydrogen-bond donors (Lipinski definition) is 2. The highest BCUT2D eigenvalue weighted by molar-refractivity contribution is 5.75. The number of aromatic nitrogens is 2. The molecular weight excluding hydrogens is 380 g/mol. The predicted octanol–water partition coefficient (Wildman–Crippen LogP) is 2.96. The number of nitrogens with one attached hydrogen (secondary N) is 1. The van der Waals surface area contributed by atoms with E-state index in [2.05, 4.69) is 44.6 Å². The molecule has 3 rings (SSSR count). The van der Waals surface area contributed by atoms with Gasteiger partial charge in [0, 0.05) is 44.4 Å². The maximum atomic E-state index is 12.1. The molecule has 30 heavy (non-hydrogen) atoms. The van der Waals surface area contributed by atoms with E-state index >= 15 is 0 Å². The molecule has 1 amide bonds. The van der Waals surface area contributed by atoms with Gasteiger partial charge in [0.25, 0.3) is 0 Å². The quantitative estimate of drug-likeness (QED) is 0.690. The van der Waals surface area contributed by atoms with Crippen LogP contribution in [0.4, 0.5) is 0 Å². The molecule has 1 aromatic carbocycles. The van der Waals surface area contributed by atoms with Crippen LogP contribution in [-0.4, -0.2) is 45.2 Å². The molecular formula is C23H34N4O3. The standard InChI is InChI=1S/C23H34N4O3/c1-23(2,3)22-25-21(30-26-22)6-4-5-20(29)24-15-17-7-9-18(10-8-17)16-27-13-11-19(28)12-14-27/h7-10,19,28H,4-6,11-16H2,1-3H3,(H,24,29). The monoisotopic (exact) mass is 414 g/mol. The lowest BCUT2D eigenvalue weighted by atomic mass is 9.96. The lowest BCUT2D eigenvalue weighted by Gasteiger charge is -2.29. The van der Waals surface area contributed by atoms with Gasteiger partial charge in [-0.05, 0) is 30.4 Å². The number of nitrogens with zero attached hydrogens (tertiary/aromatic N) is 3. The first-order valence-corrected chi connectivity index (χ1v) is 10.9. The van der Waals surface area contributed by atoms with Crippen LogP contribution in [0.1, 0.15) is 69.3 Å². The Bertz CT molecular complexity index is 803. The lowest BCUT2D eigenvalue weighted by molar-refractivity contribution is -0.121. The van der Waals surface area contributed by atoms with E-state index in [1.165, 1.54) is 5.56 Å². The SMILES string of the molecule is CC(C)(C)c1noc(CCCC(=O)NCc2ccc(CN3CCC(O)CC3)cc2)n1. The second-order valence-electron chi connectivity index (χ2n) is 9.22. The lowest BCUT2D eigenvalue weighted by Crippen LogP contribution is -2.35. The first kappa shape index (κ1) is 22.4.